The van der Waals surface area contributed by atoms with E-state index in [9.17, 15) is 4.79 Å². The fourth-order valence-electron chi connectivity index (χ4n) is 1.97. The molecule has 0 aromatic heterocycles. The molecule has 24 heavy (non-hydrogen) atoms. The molecule has 0 fully saturated rings. The van der Waals surface area contributed by atoms with Gasteiger partial charge < -0.3 is 14.2 Å². The summed E-state index contributed by atoms with van der Waals surface area (Å²) in [6, 6.07) is 13.8. The van der Waals surface area contributed by atoms with Gasteiger partial charge in [-0.15, -0.1) is 0 Å². The molecule has 4 heteroatoms. The number of ether oxygens (including phenoxy) is 3. The van der Waals surface area contributed by atoms with E-state index in [1.165, 1.54) is 0 Å². The lowest BCUT2D eigenvalue weighted by atomic mass is 10.2. The maximum absolute atomic E-state index is 12.1. The SMILES string of the molecule is CCCC=COc1ccc(C(=O)Oc2ccc(OCC)cc2)cc1. The van der Waals surface area contributed by atoms with Crippen molar-refractivity contribution in [1.82, 2.24) is 0 Å². The Balaban J connectivity index is 1.92. The largest absolute Gasteiger partial charge is 0.494 e. The van der Waals surface area contributed by atoms with Gasteiger partial charge in [-0.3, -0.25) is 0 Å². The summed E-state index contributed by atoms with van der Waals surface area (Å²) in [6.07, 6.45) is 5.69. The number of carbonyl (C=O) groups excluding carboxylic acids is 1. The molecule has 0 N–H and O–H groups in total. The molecule has 4 nitrogen and oxygen atoms in total. The Morgan fingerprint density at radius 1 is 0.917 bits per heavy atom. The van der Waals surface area contributed by atoms with Gasteiger partial charge in [0.15, 0.2) is 0 Å². The monoisotopic (exact) mass is 326 g/mol. The highest BCUT2D eigenvalue weighted by Gasteiger charge is 2.08. The van der Waals surface area contributed by atoms with Crippen molar-refractivity contribution in [2.75, 3.05) is 6.61 Å². The van der Waals surface area contributed by atoms with Crippen LogP contribution in [0.3, 0.4) is 0 Å². The molecule has 0 saturated carbocycles. The first-order chi connectivity index (χ1) is 11.7. The van der Waals surface area contributed by atoms with Gasteiger partial charge in [-0.1, -0.05) is 13.3 Å². The van der Waals surface area contributed by atoms with Crippen molar-refractivity contribution in [1.29, 1.82) is 0 Å². The number of hydrogen-bond acceptors (Lipinski definition) is 4. The average molecular weight is 326 g/mol. The third kappa shape index (κ3) is 5.47. The normalized spacial score (nSPS) is 10.6. The van der Waals surface area contributed by atoms with E-state index in [0.29, 0.717) is 23.7 Å². The zero-order chi connectivity index (χ0) is 17.2. The Hall–Kier alpha value is -2.75. The Bertz CT molecular complexity index is 657. The molecule has 0 aliphatic heterocycles. The van der Waals surface area contributed by atoms with E-state index in [1.807, 2.05) is 13.0 Å². The van der Waals surface area contributed by atoms with E-state index in [-0.39, 0.29) is 0 Å². The number of esters is 1. The van der Waals surface area contributed by atoms with E-state index in [2.05, 4.69) is 6.92 Å². The van der Waals surface area contributed by atoms with Crippen LogP contribution in [0.25, 0.3) is 0 Å². The van der Waals surface area contributed by atoms with E-state index >= 15 is 0 Å². The second-order valence-electron chi connectivity index (χ2n) is 5.10. The minimum absolute atomic E-state index is 0.410. The zero-order valence-corrected chi connectivity index (χ0v) is 14.0. The van der Waals surface area contributed by atoms with Gasteiger partial charge >= 0.3 is 5.97 Å². The molecule has 0 spiro atoms. The first kappa shape index (κ1) is 17.6. The molecule has 2 aromatic rings. The van der Waals surface area contributed by atoms with Gasteiger partial charge in [-0.25, -0.2) is 4.79 Å². The molecule has 0 amide bonds. The molecule has 0 unspecified atom stereocenters. The summed E-state index contributed by atoms with van der Waals surface area (Å²) >= 11 is 0. The molecule has 126 valence electrons. The van der Waals surface area contributed by atoms with Gasteiger partial charge in [0.05, 0.1) is 18.4 Å². The highest BCUT2D eigenvalue weighted by atomic mass is 16.5. The predicted molar refractivity (Wildman–Crippen MR) is 93.7 cm³/mol. The summed E-state index contributed by atoms with van der Waals surface area (Å²) in [6.45, 7) is 4.62. The second kappa shape index (κ2) is 9.40. The number of benzene rings is 2. The van der Waals surface area contributed by atoms with E-state index < -0.39 is 5.97 Å². The molecule has 0 heterocycles. The van der Waals surface area contributed by atoms with Crippen LogP contribution in [-0.2, 0) is 0 Å². The maximum atomic E-state index is 12.1. The lowest BCUT2D eigenvalue weighted by molar-refractivity contribution is 0.0734. The van der Waals surface area contributed by atoms with Crippen LogP contribution in [0.4, 0.5) is 0 Å². The van der Waals surface area contributed by atoms with Crippen LogP contribution in [0, 0.1) is 0 Å². The van der Waals surface area contributed by atoms with Crippen molar-refractivity contribution >= 4 is 5.97 Å². The maximum Gasteiger partial charge on any atom is 0.343 e. The molecule has 2 rings (SSSR count). The summed E-state index contributed by atoms with van der Waals surface area (Å²) in [5.41, 5.74) is 0.466. The van der Waals surface area contributed by atoms with Gasteiger partial charge in [0, 0.05) is 0 Å². The molecular formula is C20H22O4. The van der Waals surface area contributed by atoms with Crippen LogP contribution >= 0.6 is 0 Å². The highest BCUT2D eigenvalue weighted by Crippen LogP contribution is 2.19. The van der Waals surface area contributed by atoms with Crippen LogP contribution in [-0.4, -0.2) is 12.6 Å². The second-order valence-corrected chi connectivity index (χ2v) is 5.10. The van der Waals surface area contributed by atoms with Crippen molar-refractivity contribution < 1.29 is 19.0 Å². The number of unbranched alkanes of at least 4 members (excludes halogenated alkanes) is 1. The number of hydrogen-bond donors (Lipinski definition) is 0. The molecule has 0 atom stereocenters. The minimum atomic E-state index is -0.410. The fraction of sp³-hybridized carbons (Fsp3) is 0.250. The third-order valence-corrected chi connectivity index (χ3v) is 3.19. The zero-order valence-electron chi connectivity index (χ0n) is 14.0. The molecule has 0 aliphatic carbocycles. The van der Waals surface area contributed by atoms with Crippen LogP contribution in [0.2, 0.25) is 0 Å². The molecular weight excluding hydrogens is 304 g/mol. The topological polar surface area (TPSA) is 44.8 Å². The minimum Gasteiger partial charge on any atom is -0.494 e. The quantitative estimate of drug-likeness (QED) is 0.389. The lowest BCUT2D eigenvalue weighted by Gasteiger charge is -2.07. The number of allylic oxidation sites excluding steroid dienone is 1. The Kier molecular flexibility index (Phi) is 6.90. The smallest absolute Gasteiger partial charge is 0.343 e. The van der Waals surface area contributed by atoms with Gasteiger partial charge in [0.25, 0.3) is 0 Å². The standard InChI is InChI=1S/C20H22O4/c1-3-5-6-15-23-18-9-7-16(8-10-18)20(21)24-19-13-11-17(12-14-19)22-4-2/h6-15H,3-5H2,1-2H3. The van der Waals surface area contributed by atoms with Gasteiger partial charge in [-0.2, -0.15) is 0 Å². The van der Waals surface area contributed by atoms with Crippen LogP contribution < -0.4 is 14.2 Å². The Labute approximate surface area is 142 Å². The summed E-state index contributed by atoms with van der Waals surface area (Å²) in [5, 5.41) is 0. The molecule has 0 bridgehead atoms. The fourth-order valence-corrected chi connectivity index (χ4v) is 1.97. The van der Waals surface area contributed by atoms with E-state index in [4.69, 9.17) is 14.2 Å². The summed E-state index contributed by atoms with van der Waals surface area (Å²) < 4.78 is 16.1. The predicted octanol–water partition coefficient (Wildman–Crippen LogP) is 5.00. The van der Waals surface area contributed by atoms with Crippen LogP contribution in [0.1, 0.15) is 37.0 Å². The van der Waals surface area contributed by atoms with E-state index in [0.717, 1.165) is 18.6 Å². The summed E-state index contributed by atoms with van der Waals surface area (Å²) in [5.74, 6) is 1.49. The number of rotatable bonds is 8. The highest BCUT2D eigenvalue weighted by molar-refractivity contribution is 5.91. The number of carbonyl (C=O) groups is 1. The van der Waals surface area contributed by atoms with Crippen LogP contribution in [0.15, 0.2) is 60.9 Å². The molecule has 0 saturated heterocycles. The lowest BCUT2D eigenvalue weighted by Crippen LogP contribution is -2.08. The van der Waals surface area contributed by atoms with Gasteiger partial charge in [0.2, 0.25) is 0 Å². The summed E-state index contributed by atoms with van der Waals surface area (Å²) in [4.78, 5) is 12.1. The third-order valence-electron chi connectivity index (χ3n) is 3.19. The van der Waals surface area contributed by atoms with Gasteiger partial charge in [-0.05, 0) is 68.0 Å². The first-order valence-corrected chi connectivity index (χ1v) is 8.09. The Morgan fingerprint density at radius 2 is 1.54 bits per heavy atom. The summed E-state index contributed by atoms with van der Waals surface area (Å²) in [7, 11) is 0. The average Bonchev–Trinajstić information content (AvgIpc) is 2.61. The molecule has 2 aromatic carbocycles. The Morgan fingerprint density at radius 3 is 2.17 bits per heavy atom. The van der Waals surface area contributed by atoms with Crippen molar-refractivity contribution in [3.63, 3.8) is 0 Å². The van der Waals surface area contributed by atoms with Crippen LogP contribution in [0.5, 0.6) is 17.2 Å². The van der Waals surface area contributed by atoms with Crippen molar-refractivity contribution in [2.45, 2.75) is 26.7 Å². The molecule has 0 radical (unpaired) electrons. The van der Waals surface area contributed by atoms with Crippen molar-refractivity contribution in [3.05, 3.63) is 66.4 Å². The van der Waals surface area contributed by atoms with Crippen molar-refractivity contribution in [3.8, 4) is 17.2 Å². The van der Waals surface area contributed by atoms with E-state index in [1.54, 1.807) is 54.8 Å². The van der Waals surface area contributed by atoms with Gasteiger partial charge in [0.1, 0.15) is 17.2 Å². The first-order valence-electron chi connectivity index (χ1n) is 8.09. The van der Waals surface area contributed by atoms with Crippen molar-refractivity contribution in [2.24, 2.45) is 0 Å². The molecule has 0 aliphatic rings.